The first-order valence-corrected chi connectivity index (χ1v) is 8.86. The molecule has 0 spiro atoms. The van der Waals surface area contributed by atoms with Gasteiger partial charge in [-0.3, -0.25) is 4.98 Å². The number of thiophene rings is 1. The molecule has 0 bridgehead atoms. The molecule has 2 atom stereocenters. The Hall–Kier alpha value is -2.44. The molecule has 1 fully saturated rings. The summed E-state index contributed by atoms with van der Waals surface area (Å²) in [5, 5.41) is 15.7. The van der Waals surface area contributed by atoms with Crippen LogP contribution in [0.1, 0.15) is 22.7 Å². The molecule has 2 aromatic heterocycles. The van der Waals surface area contributed by atoms with E-state index in [4.69, 9.17) is 12.2 Å². The molecule has 1 saturated heterocycles. The second kappa shape index (κ2) is 6.22. The van der Waals surface area contributed by atoms with Gasteiger partial charge in [0.25, 0.3) is 0 Å². The highest BCUT2D eigenvalue weighted by Crippen LogP contribution is 2.43. The highest BCUT2D eigenvalue weighted by molar-refractivity contribution is 7.80. The minimum atomic E-state index is -0.0221. The zero-order valence-electron chi connectivity index (χ0n) is 12.7. The summed E-state index contributed by atoms with van der Waals surface area (Å²) in [5.74, 6) is 0.241. The zero-order chi connectivity index (χ0) is 16.5. The molecular weight excluding hydrogens is 338 g/mol. The summed E-state index contributed by atoms with van der Waals surface area (Å²) in [4.78, 5) is 7.82. The number of pyridine rings is 1. The molecule has 2 N–H and O–H groups in total. The van der Waals surface area contributed by atoms with Crippen LogP contribution in [-0.4, -0.2) is 15.2 Å². The van der Waals surface area contributed by atoms with Gasteiger partial charge in [-0.2, -0.15) is 0 Å². The second-order valence-corrected chi connectivity index (χ2v) is 6.89. The smallest absolute Gasteiger partial charge is 0.174 e. The summed E-state index contributed by atoms with van der Waals surface area (Å²) in [7, 11) is 0. The van der Waals surface area contributed by atoms with Gasteiger partial charge in [-0.1, -0.05) is 12.1 Å². The quantitative estimate of drug-likeness (QED) is 0.696. The van der Waals surface area contributed by atoms with Crippen molar-refractivity contribution in [3.63, 3.8) is 0 Å². The molecule has 3 heterocycles. The SMILES string of the molecule is Oc1ccc(N2C(=S)N[C@H](c3ccccn3)[C@H]2c2cccs2)cc1. The van der Waals surface area contributed by atoms with Crippen molar-refractivity contribution in [3.8, 4) is 5.75 Å². The fourth-order valence-electron chi connectivity index (χ4n) is 2.99. The molecule has 0 saturated carbocycles. The third kappa shape index (κ3) is 2.64. The Kier molecular flexibility index (Phi) is 3.92. The van der Waals surface area contributed by atoms with Crippen molar-refractivity contribution >= 4 is 34.4 Å². The summed E-state index contributed by atoms with van der Waals surface area (Å²) in [5.41, 5.74) is 1.90. The van der Waals surface area contributed by atoms with Gasteiger partial charge in [0.15, 0.2) is 5.11 Å². The third-order valence-corrected chi connectivity index (χ3v) is 5.32. The summed E-state index contributed by atoms with van der Waals surface area (Å²) in [6.07, 6.45) is 1.80. The summed E-state index contributed by atoms with van der Waals surface area (Å²) in [6, 6.07) is 17.2. The first-order valence-electron chi connectivity index (χ1n) is 7.57. The first kappa shape index (κ1) is 15.1. The van der Waals surface area contributed by atoms with E-state index in [0.29, 0.717) is 5.11 Å². The van der Waals surface area contributed by atoms with E-state index < -0.39 is 0 Å². The van der Waals surface area contributed by atoms with E-state index >= 15 is 0 Å². The lowest BCUT2D eigenvalue weighted by Crippen LogP contribution is -2.28. The van der Waals surface area contributed by atoms with E-state index in [-0.39, 0.29) is 17.8 Å². The van der Waals surface area contributed by atoms with Crippen LogP contribution in [0.15, 0.2) is 66.2 Å². The van der Waals surface area contributed by atoms with Gasteiger partial charge in [-0.25, -0.2) is 0 Å². The van der Waals surface area contributed by atoms with Gasteiger partial charge in [-0.15, -0.1) is 11.3 Å². The molecule has 120 valence electrons. The van der Waals surface area contributed by atoms with Crippen molar-refractivity contribution in [2.75, 3.05) is 4.90 Å². The Morgan fingerprint density at radius 3 is 2.58 bits per heavy atom. The van der Waals surface area contributed by atoms with Crippen LogP contribution in [-0.2, 0) is 0 Å². The Morgan fingerprint density at radius 2 is 1.92 bits per heavy atom. The van der Waals surface area contributed by atoms with Gasteiger partial charge in [0.1, 0.15) is 5.75 Å². The number of benzene rings is 1. The fraction of sp³-hybridized carbons (Fsp3) is 0.111. The number of aromatic hydroxyl groups is 1. The molecule has 3 aromatic rings. The Labute approximate surface area is 149 Å². The minimum Gasteiger partial charge on any atom is -0.508 e. The molecule has 1 aromatic carbocycles. The highest BCUT2D eigenvalue weighted by Gasteiger charge is 2.41. The molecule has 0 aliphatic carbocycles. The molecule has 4 rings (SSSR count). The standard InChI is InChI=1S/C18H15N3OS2/c22-13-8-6-12(7-9-13)21-17(15-5-3-11-24-15)16(20-18(21)23)14-4-1-2-10-19-14/h1-11,16-17,22H,(H,20,23)/t16-,17-/m1/s1. The van der Waals surface area contributed by atoms with Crippen LogP contribution in [0.5, 0.6) is 5.75 Å². The predicted octanol–water partition coefficient (Wildman–Crippen LogP) is 4.03. The number of nitrogens with zero attached hydrogens (tertiary/aromatic N) is 2. The van der Waals surface area contributed by atoms with Crippen LogP contribution in [0.4, 0.5) is 5.69 Å². The van der Waals surface area contributed by atoms with Gasteiger partial charge in [0.05, 0.1) is 17.8 Å². The topological polar surface area (TPSA) is 48.4 Å². The summed E-state index contributed by atoms with van der Waals surface area (Å²) < 4.78 is 0. The Bertz CT molecular complexity index is 834. The molecule has 0 unspecified atom stereocenters. The monoisotopic (exact) mass is 353 g/mol. The molecule has 4 nitrogen and oxygen atoms in total. The van der Waals surface area contributed by atoms with Crippen LogP contribution in [0.25, 0.3) is 0 Å². The third-order valence-electron chi connectivity index (χ3n) is 4.06. The molecule has 0 amide bonds. The minimum absolute atomic E-state index is 0.0221. The number of phenols is 1. The lowest BCUT2D eigenvalue weighted by Gasteiger charge is -2.26. The molecular formula is C18H15N3OS2. The number of phenolic OH excluding ortho intramolecular Hbond substituents is 1. The largest absolute Gasteiger partial charge is 0.508 e. The number of anilines is 1. The van der Waals surface area contributed by atoms with E-state index in [1.807, 2.05) is 36.4 Å². The van der Waals surface area contributed by atoms with Crippen molar-refractivity contribution in [2.45, 2.75) is 12.1 Å². The van der Waals surface area contributed by atoms with Crippen LogP contribution < -0.4 is 10.2 Å². The normalized spacial score (nSPS) is 20.2. The van der Waals surface area contributed by atoms with Gasteiger partial charge in [-0.05, 0) is 60.1 Å². The maximum atomic E-state index is 9.57. The average molecular weight is 353 g/mol. The van der Waals surface area contributed by atoms with Gasteiger partial charge >= 0.3 is 0 Å². The lowest BCUT2D eigenvalue weighted by molar-refractivity contribution is 0.475. The van der Waals surface area contributed by atoms with Crippen molar-refractivity contribution in [1.29, 1.82) is 0 Å². The van der Waals surface area contributed by atoms with Crippen molar-refractivity contribution < 1.29 is 5.11 Å². The first-order chi connectivity index (χ1) is 11.7. The Morgan fingerprint density at radius 1 is 1.08 bits per heavy atom. The van der Waals surface area contributed by atoms with Gasteiger partial charge in [0.2, 0.25) is 0 Å². The molecule has 1 aliphatic heterocycles. The van der Waals surface area contributed by atoms with Crippen LogP contribution in [0.3, 0.4) is 0 Å². The number of hydrogen-bond donors (Lipinski definition) is 2. The maximum Gasteiger partial charge on any atom is 0.174 e. The summed E-state index contributed by atoms with van der Waals surface area (Å²) >= 11 is 7.32. The zero-order valence-corrected chi connectivity index (χ0v) is 14.3. The number of rotatable bonds is 3. The van der Waals surface area contributed by atoms with Gasteiger partial charge in [0, 0.05) is 16.8 Å². The predicted molar refractivity (Wildman–Crippen MR) is 100 cm³/mol. The maximum absolute atomic E-state index is 9.57. The lowest BCUT2D eigenvalue weighted by atomic mass is 10.0. The van der Waals surface area contributed by atoms with E-state index in [9.17, 15) is 5.11 Å². The van der Waals surface area contributed by atoms with Crippen LogP contribution in [0, 0.1) is 0 Å². The van der Waals surface area contributed by atoms with Crippen molar-refractivity contribution in [2.24, 2.45) is 0 Å². The van der Waals surface area contributed by atoms with Gasteiger partial charge < -0.3 is 15.3 Å². The number of hydrogen-bond acceptors (Lipinski definition) is 4. The van der Waals surface area contributed by atoms with Crippen LogP contribution in [0.2, 0.25) is 0 Å². The van der Waals surface area contributed by atoms with Crippen molar-refractivity contribution in [1.82, 2.24) is 10.3 Å². The average Bonchev–Trinajstić information content (AvgIpc) is 3.24. The second-order valence-electron chi connectivity index (χ2n) is 5.53. The number of nitrogens with one attached hydrogen (secondary N) is 1. The Balaban J connectivity index is 1.80. The number of thiocarbonyl (C=S) groups is 1. The highest BCUT2D eigenvalue weighted by atomic mass is 32.1. The van der Waals surface area contributed by atoms with E-state index in [1.165, 1.54) is 4.88 Å². The van der Waals surface area contributed by atoms with E-state index in [1.54, 1.807) is 29.7 Å². The molecule has 24 heavy (non-hydrogen) atoms. The molecule has 6 heteroatoms. The van der Waals surface area contributed by atoms with E-state index in [0.717, 1.165) is 11.4 Å². The van der Waals surface area contributed by atoms with Crippen molar-refractivity contribution in [3.05, 3.63) is 76.7 Å². The number of aromatic nitrogens is 1. The van der Waals surface area contributed by atoms with E-state index in [2.05, 4.69) is 26.6 Å². The molecule has 0 radical (unpaired) electrons. The molecule has 1 aliphatic rings. The van der Waals surface area contributed by atoms with Crippen LogP contribution >= 0.6 is 23.6 Å². The fourth-order valence-corrected chi connectivity index (χ4v) is 4.19. The summed E-state index contributed by atoms with van der Waals surface area (Å²) in [6.45, 7) is 0.